The van der Waals surface area contributed by atoms with Crippen LogP contribution < -0.4 is 0 Å². The third-order valence-corrected chi connectivity index (χ3v) is 2.36. The first kappa shape index (κ1) is 14.4. The zero-order valence-corrected chi connectivity index (χ0v) is 10.4. The maximum absolute atomic E-state index is 11.4. The van der Waals surface area contributed by atoms with Gasteiger partial charge in [0.1, 0.15) is 6.10 Å². The minimum atomic E-state index is -1.38. The standard InChI is InChI=1S/C12H24O3/c1-5-7-8-9-10(6-2)15-11(13)12(3,4)14/h10,14H,5-9H2,1-4H3. The SMILES string of the molecule is CCCCCC(CC)OC(=O)C(C)(C)O. The molecule has 0 aliphatic rings. The molecule has 0 saturated carbocycles. The average molecular weight is 216 g/mol. The highest BCUT2D eigenvalue weighted by molar-refractivity contribution is 5.78. The molecule has 0 fully saturated rings. The lowest BCUT2D eigenvalue weighted by molar-refractivity contribution is -0.168. The predicted octanol–water partition coefficient (Wildman–Crippen LogP) is 2.66. The molecule has 0 rings (SSSR count). The molecule has 1 atom stereocenters. The van der Waals surface area contributed by atoms with E-state index in [1.807, 2.05) is 6.92 Å². The highest BCUT2D eigenvalue weighted by atomic mass is 16.6. The first-order valence-electron chi connectivity index (χ1n) is 5.85. The molecule has 15 heavy (non-hydrogen) atoms. The first-order valence-corrected chi connectivity index (χ1v) is 5.85. The molecule has 0 heterocycles. The molecule has 0 aliphatic heterocycles. The van der Waals surface area contributed by atoms with Crippen LogP contribution in [0.2, 0.25) is 0 Å². The van der Waals surface area contributed by atoms with Crippen molar-refractivity contribution in [3.8, 4) is 0 Å². The van der Waals surface area contributed by atoms with Gasteiger partial charge >= 0.3 is 5.97 Å². The largest absolute Gasteiger partial charge is 0.460 e. The topological polar surface area (TPSA) is 46.5 Å². The monoisotopic (exact) mass is 216 g/mol. The fourth-order valence-electron chi connectivity index (χ4n) is 1.26. The lowest BCUT2D eigenvalue weighted by Crippen LogP contribution is -2.35. The number of rotatable bonds is 7. The summed E-state index contributed by atoms with van der Waals surface area (Å²) in [5.41, 5.74) is -1.38. The zero-order valence-electron chi connectivity index (χ0n) is 10.4. The molecule has 1 unspecified atom stereocenters. The van der Waals surface area contributed by atoms with Gasteiger partial charge in [-0.2, -0.15) is 0 Å². The Kier molecular flexibility index (Phi) is 6.57. The number of ether oxygens (including phenoxy) is 1. The van der Waals surface area contributed by atoms with Gasteiger partial charge in [-0.3, -0.25) is 0 Å². The van der Waals surface area contributed by atoms with Crippen LogP contribution in [0.5, 0.6) is 0 Å². The molecule has 3 nitrogen and oxygen atoms in total. The van der Waals surface area contributed by atoms with E-state index in [0.717, 1.165) is 32.1 Å². The molecule has 0 aromatic heterocycles. The Bertz CT molecular complexity index is 182. The Morgan fingerprint density at radius 3 is 2.33 bits per heavy atom. The maximum Gasteiger partial charge on any atom is 0.337 e. The van der Waals surface area contributed by atoms with Crippen molar-refractivity contribution in [1.82, 2.24) is 0 Å². The number of esters is 1. The summed E-state index contributed by atoms with van der Waals surface area (Å²) in [5.74, 6) is -0.522. The lowest BCUT2D eigenvalue weighted by Gasteiger charge is -2.21. The summed E-state index contributed by atoms with van der Waals surface area (Å²) in [4.78, 5) is 11.4. The van der Waals surface area contributed by atoms with Crippen LogP contribution in [0.25, 0.3) is 0 Å². The number of aliphatic hydroxyl groups is 1. The van der Waals surface area contributed by atoms with Gasteiger partial charge in [-0.15, -0.1) is 0 Å². The second-order valence-corrected chi connectivity index (χ2v) is 4.49. The van der Waals surface area contributed by atoms with Crippen molar-refractivity contribution < 1.29 is 14.6 Å². The van der Waals surface area contributed by atoms with Crippen LogP contribution in [-0.2, 0) is 9.53 Å². The van der Waals surface area contributed by atoms with E-state index in [2.05, 4.69) is 6.92 Å². The first-order chi connectivity index (χ1) is 6.91. The Labute approximate surface area is 92.8 Å². The van der Waals surface area contributed by atoms with E-state index in [4.69, 9.17) is 4.74 Å². The van der Waals surface area contributed by atoms with Crippen LogP contribution in [0.1, 0.15) is 59.8 Å². The van der Waals surface area contributed by atoms with E-state index in [9.17, 15) is 9.90 Å². The lowest BCUT2D eigenvalue weighted by atomic mass is 10.1. The highest BCUT2D eigenvalue weighted by Crippen LogP contribution is 2.13. The van der Waals surface area contributed by atoms with Gasteiger partial charge in [-0.1, -0.05) is 26.7 Å². The summed E-state index contributed by atoms with van der Waals surface area (Å²) in [6.45, 7) is 7.04. The molecule has 0 bridgehead atoms. The zero-order chi connectivity index (χ0) is 11.9. The molecular weight excluding hydrogens is 192 g/mol. The van der Waals surface area contributed by atoms with Gasteiger partial charge in [0.2, 0.25) is 0 Å². The van der Waals surface area contributed by atoms with Gasteiger partial charge in [0.25, 0.3) is 0 Å². The molecule has 0 saturated heterocycles. The smallest absolute Gasteiger partial charge is 0.337 e. The molecule has 0 radical (unpaired) electrons. The number of hydrogen-bond acceptors (Lipinski definition) is 3. The van der Waals surface area contributed by atoms with E-state index in [0.29, 0.717) is 0 Å². The molecule has 0 amide bonds. The molecule has 0 aliphatic carbocycles. The minimum absolute atomic E-state index is 0.0459. The summed E-state index contributed by atoms with van der Waals surface area (Å²) in [6, 6.07) is 0. The van der Waals surface area contributed by atoms with Crippen LogP contribution in [0, 0.1) is 0 Å². The van der Waals surface area contributed by atoms with Gasteiger partial charge in [-0.25, -0.2) is 4.79 Å². The Balaban J connectivity index is 3.94. The van der Waals surface area contributed by atoms with Crippen molar-refractivity contribution in [2.45, 2.75) is 71.5 Å². The van der Waals surface area contributed by atoms with Gasteiger partial charge < -0.3 is 9.84 Å². The number of carbonyl (C=O) groups excluding carboxylic acids is 1. The molecule has 90 valence electrons. The fourth-order valence-corrected chi connectivity index (χ4v) is 1.26. The van der Waals surface area contributed by atoms with Crippen molar-refractivity contribution in [2.24, 2.45) is 0 Å². The summed E-state index contributed by atoms with van der Waals surface area (Å²) in [6.07, 6.45) is 5.06. The Morgan fingerprint density at radius 2 is 1.93 bits per heavy atom. The van der Waals surface area contributed by atoms with Crippen molar-refractivity contribution in [3.05, 3.63) is 0 Å². The van der Waals surface area contributed by atoms with Gasteiger partial charge in [0, 0.05) is 0 Å². The van der Waals surface area contributed by atoms with E-state index in [-0.39, 0.29) is 6.10 Å². The Morgan fingerprint density at radius 1 is 1.33 bits per heavy atom. The minimum Gasteiger partial charge on any atom is -0.460 e. The molecule has 0 spiro atoms. The summed E-state index contributed by atoms with van der Waals surface area (Å²) < 4.78 is 5.22. The second kappa shape index (κ2) is 6.83. The van der Waals surface area contributed by atoms with Gasteiger partial charge in [0.15, 0.2) is 5.60 Å². The number of carbonyl (C=O) groups is 1. The van der Waals surface area contributed by atoms with Crippen molar-refractivity contribution in [2.75, 3.05) is 0 Å². The molecule has 1 N–H and O–H groups in total. The average Bonchev–Trinajstić information content (AvgIpc) is 2.14. The number of hydrogen-bond donors (Lipinski definition) is 1. The third kappa shape index (κ3) is 6.50. The quantitative estimate of drug-likeness (QED) is 0.525. The van der Waals surface area contributed by atoms with Crippen LogP contribution >= 0.6 is 0 Å². The molecule has 3 heteroatoms. The maximum atomic E-state index is 11.4. The summed E-state index contributed by atoms with van der Waals surface area (Å²) >= 11 is 0. The van der Waals surface area contributed by atoms with Gasteiger partial charge in [-0.05, 0) is 33.1 Å². The Hall–Kier alpha value is -0.570. The molecule has 0 aromatic carbocycles. The predicted molar refractivity (Wildman–Crippen MR) is 60.6 cm³/mol. The fraction of sp³-hybridized carbons (Fsp3) is 0.917. The van der Waals surface area contributed by atoms with Crippen molar-refractivity contribution >= 4 is 5.97 Å². The third-order valence-electron chi connectivity index (χ3n) is 2.36. The van der Waals surface area contributed by atoms with Crippen LogP contribution in [0.15, 0.2) is 0 Å². The van der Waals surface area contributed by atoms with Gasteiger partial charge in [0.05, 0.1) is 0 Å². The van der Waals surface area contributed by atoms with E-state index < -0.39 is 11.6 Å². The van der Waals surface area contributed by atoms with Crippen molar-refractivity contribution in [1.29, 1.82) is 0 Å². The normalized spacial score (nSPS) is 13.7. The number of unbranched alkanes of at least 4 members (excludes halogenated alkanes) is 2. The summed E-state index contributed by atoms with van der Waals surface area (Å²) in [7, 11) is 0. The van der Waals surface area contributed by atoms with E-state index in [1.54, 1.807) is 0 Å². The molecule has 0 aromatic rings. The highest BCUT2D eigenvalue weighted by Gasteiger charge is 2.27. The van der Waals surface area contributed by atoms with E-state index in [1.165, 1.54) is 13.8 Å². The van der Waals surface area contributed by atoms with E-state index >= 15 is 0 Å². The van der Waals surface area contributed by atoms with Crippen molar-refractivity contribution in [3.63, 3.8) is 0 Å². The molecular formula is C12H24O3. The summed E-state index contributed by atoms with van der Waals surface area (Å²) in [5, 5.41) is 9.43. The second-order valence-electron chi connectivity index (χ2n) is 4.49. The van der Waals surface area contributed by atoms with Crippen LogP contribution in [0.3, 0.4) is 0 Å². The van der Waals surface area contributed by atoms with Crippen LogP contribution in [0.4, 0.5) is 0 Å². The van der Waals surface area contributed by atoms with Crippen LogP contribution in [-0.4, -0.2) is 22.8 Å².